The van der Waals surface area contributed by atoms with Gasteiger partial charge in [-0.2, -0.15) is 0 Å². The third-order valence-electron chi connectivity index (χ3n) is 2.60. The molecule has 0 aliphatic carbocycles. The molecule has 1 aromatic rings. The predicted octanol–water partition coefficient (Wildman–Crippen LogP) is 0.447. The second-order valence-corrected chi connectivity index (χ2v) is 6.07. The zero-order valence-corrected chi connectivity index (χ0v) is 11.2. The summed E-state index contributed by atoms with van der Waals surface area (Å²) in [6.07, 6.45) is 3.47. The third kappa shape index (κ3) is 3.94. The number of rotatable bonds is 7. The van der Waals surface area contributed by atoms with Crippen molar-refractivity contribution >= 4 is 15.8 Å². The maximum Gasteiger partial charge on any atom is 0.244 e. The molecule has 3 N–H and O–H groups in total. The Morgan fingerprint density at radius 1 is 1.33 bits per heavy atom. The van der Waals surface area contributed by atoms with E-state index in [1.165, 1.54) is 29.7 Å². The molecule has 1 aromatic heterocycles. The molecule has 0 aliphatic rings. The Balaban J connectivity index is 2.65. The smallest absolute Gasteiger partial charge is 0.244 e. The Bertz CT molecular complexity index is 459. The quantitative estimate of drug-likeness (QED) is 0.703. The van der Waals surface area contributed by atoms with Gasteiger partial charge in [-0.05, 0) is 31.4 Å². The molecule has 6 nitrogen and oxygen atoms in total. The SMILES string of the molecule is CN(CCCCCO)S(=O)(=O)c1ccc(N)nc1. The van der Waals surface area contributed by atoms with Crippen LogP contribution < -0.4 is 5.73 Å². The van der Waals surface area contributed by atoms with Gasteiger partial charge in [-0.3, -0.25) is 0 Å². The largest absolute Gasteiger partial charge is 0.396 e. The molecule has 0 atom stereocenters. The number of nitrogens with two attached hydrogens (primary N) is 1. The molecule has 1 heterocycles. The van der Waals surface area contributed by atoms with Gasteiger partial charge < -0.3 is 10.8 Å². The van der Waals surface area contributed by atoms with Crippen LogP contribution in [0.2, 0.25) is 0 Å². The van der Waals surface area contributed by atoms with Gasteiger partial charge >= 0.3 is 0 Å². The number of aliphatic hydroxyl groups excluding tert-OH is 1. The van der Waals surface area contributed by atoms with Crippen molar-refractivity contribution in [2.45, 2.75) is 24.2 Å². The summed E-state index contributed by atoms with van der Waals surface area (Å²) < 4.78 is 25.5. The standard InChI is InChI=1S/C11H19N3O3S/c1-14(7-3-2-4-8-15)18(16,17)10-5-6-11(12)13-9-10/h5-6,9,15H,2-4,7-8H2,1H3,(H2,12,13). The number of aliphatic hydroxyl groups is 1. The highest BCUT2D eigenvalue weighted by Crippen LogP contribution is 2.14. The predicted molar refractivity (Wildman–Crippen MR) is 69.4 cm³/mol. The summed E-state index contributed by atoms with van der Waals surface area (Å²) in [5.74, 6) is 0.291. The summed E-state index contributed by atoms with van der Waals surface area (Å²) in [6, 6.07) is 2.91. The van der Waals surface area contributed by atoms with Crippen molar-refractivity contribution in [3.63, 3.8) is 0 Å². The fraction of sp³-hybridized carbons (Fsp3) is 0.545. The summed E-state index contributed by atoms with van der Waals surface area (Å²) in [5, 5.41) is 8.64. The third-order valence-corrected chi connectivity index (χ3v) is 4.44. The first-order chi connectivity index (χ1) is 8.48. The van der Waals surface area contributed by atoms with E-state index in [4.69, 9.17) is 10.8 Å². The van der Waals surface area contributed by atoms with Crippen LogP contribution in [0.1, 0.15) is 19.3 Å². The van der Waals surface area contributed by atoms with E-state index in [1.807, 2.05) is 0 Å². The Hall–Kier alpha value is -1.18. The minimum absolute atomic E-state index is 0.137. The summed E-state index contributed by atoms with van der Waals surface area (Å²) in [7, 11) is -1.96. The lowest BCUT2D eigenvalue weighted by Crippen LogP contribution is -2.28. The molecule has 7 heteroatoms. The van der Waals surface area contributed by atoms with Gasteiger partial charge in [0.15, 0.2) is 0 Å². The average Bonchev–Trinajstić information content (AvgIpc) is 2.35. The summed E-state index contributed by atoms with van der Waals surface area (Å²) in [6.45, 7) is 0.561. The summed E-state index contributed by atoms with van der Waals surface area (Å²) >= 11 is 0. The van der Waals surface area contributed by atoms with Crippen LogP contribution in [0.25, 0.3) is 0 Å². The average molecular weight is 273 g/mol. The van der Waals surface area contributed by atoms with Crippen molar-refractivity contribution in [1.82, 2.24) is 9.29 Å². The highest BCUT2D eigenvalue weighted by molar-refractivity contribution is 7.89. The molecule has 0 radical (unpaired) electrons. The zero-order valence-electron chi connectivity index (χ0n) is 10.4. The fourth-order valence-corrected chi connectivity index (χ4v) is 2.62. The van der Waals surface area contributed by atoms with E-state index < -0.39 is 10.0 Å². The Morgan fingerprint density at radius 2 is 2.06 bits per heavy atom. The number of sulfonamides is 1. The van der Waals surface area contributed by atoms with Crippen LogP contribution in [0.5, 0.6) is 0 Å². The first-order valence-electron chi connectivity index (χ1n) is 5.77. The lowest BCUT2D eigenvalue weighted by molar-refractivity contribution is 0.281. The Kier molecular flexibility index (Phi) is 5.52. The zero-order chi connectivity index (χ0) is 13.6. The Morgan fingerprint density at radius 3 is 2.61 bits per heavy atom. The van der Waals surface area contributed by atoms with E-state index in [-0.39, 0.29) is 11.5 Å². The molecule has 0 fully saturated rings. The van der Waals surface area contributed by atoms with Crippen LogP contribution in [-0.2, 0) is 10.0 Å². The number of unbranched alkanes of at least 4 members (excludes halogenated alkanes) is 2. The van der Waals surface area contributed by atoms with E-state index in [0.717, 1.165) is 12.8 Å². The van der Waals surface area contributed by atoms with Crippen LogP contribution in [-0.4, -0.2) is 43.0 Å². The fourth-order valence-electron chi connectivity index (χ4n) is 1.47. The second kappa shape index (κ2) is 6.67. The van der Waals surface area contributed by atoms with Gasteiger partial charge in [0.2, 0.25) is 10.0 Å². The van der Waals surface area contributed by atoms with E-state index in [0.29, 0.717) is 18.8 Å². The van der Waals surface area contributed by atoms with Gasteiger partial charge in [-0.25, -0.2) is 17.7 Å². The highest BCUT2D eigenvalue weighted by atomic mass is 32.2. The van der Waals surface area contributed by atoms with Crippen molar-refractivity contribution in [3.05, 3.63) is 18.3 Å². The van der Waals surface area contributed by atoms with Crippen LogP contribution in [0.3, 0.4) is 0 Å². The first kappa shape index (κ1) is 14.9. The van der Waals surface area contributed by atoms with E-state index in [9.17, 15) is 8.42 Å². The van der Waals surface area contributed by atoms with E-state index in [1.54, 1.807) is 0 Å². The van der Waals surface area contributed by atoms with Gasteiger partial charge in [0.1, 0.15) is 10.7 Å². The maximum atomic E-state index is 12.1. The lowest BCUT2D eigenvalue weighted by atomic mass is 10.2. The van der Waals surface area contributed by atoms with Crippen LogP contribution >= 0.6 is 0 Å². The molecule has 102 valence electrons. The highest BCUT2D eigenvalue weighted by Gasteiger charge is 2.20. The maximum absolute atomic E-state index is 12.1. The van der Waals surface area contributed by atoms with E-state index >= 15 is 0 Å². The first-order valence-corrected chi connectivity index (χ1v) is 7.21. The van der Waals surface area contributed by atoms with Crippen molar-refractivity contribution in [2.75, 3.05) is 25.9 Å². The number of hydrogen-bond donors (Lipinski definition) is 2. The number of nitrogen functional groups attached to an aromatic ring is 1. The molecule has 0 unspecified atom stereocenters. The monoisotopic (exact) mass is 273 g/mol. The van der Waals surface area contributed by atoms with Gasteiger partial charge in [-0.1, -0.05) is 0 Å². The number of pyridine rings is 1. The van der Waals surface area contributed by atoms with Gasteiger partial charge in [0.25, 0.3) is 0 Å². The molecular formula is C11H19N3O3S. The normalized spacial score (nSPS) is 11.9. The van der Waals surface area contributed by atoms with Crippen molar-refractivity contribution in [1.29, 1.82) is 0 Å². The van der Waals surface area contributed by atoms with Crippen LogP contribution in [0.15, 0.2) is 23.2 Å². The molecule has 18 heavy (non-hydrogen) atoms. The van der Waals surface area contributed by atoms with Crippen LogP contribution in [0.4, 0.5) is 5.82 Å². The van der Waals surface area contributed by atoms with Crippen molar-refractivity contribution in [3.8, 4) is 0 Å². The minimum atomic E-state index is -3.49. The van der Waals surface area contributed by atoms with E-state index in [2.05, 4.69) is 4.98 Å². The molecule has 0 aliphatic heterocycles. The Labute approximate surface area is 107 Å². The van der Waals surface area contributed by atoms with Gasteiger partial charge in [-0.15, -0.1) is 0 Å². The molecule has 1 rings (SSSR count). The number of hydrogen-bond acceptors (Lipinski definition) is 5. The molecule has 0 spiro atoms. The topological polar surface area (TPSA) is 96.5 Å². The summed E-state index contributed by atoms with van der Waals surface area (Å²) in [4.78, 5) is 3.92. The van der Waals surface area contributed by atoms with Crippen LogP contribution in [0, 0.1) is 0 Å². The number of aromatic nitrogens is 1. The number of nitrogens with zero attached hydrogens (tertiary/aromatic N) is 2. The van der Waals surface area contributed by atoms with Crippen molar-refractivity contribution < 1.29 is 13.5 Å². The number of anilines is 1. The molecule has 0 saturated carbocycles. The second-order valence-electron chi connectivity index (χ2n) is 4.03. The summed E-state index contributed by atoms with van der Waals surface area (Å²) in [5.41, 5.74) is 5.42. The minimum Gasteiger partial charge on any atom is -0.396 e. The van der Waals surface area contributed by atoms with Gasteiger partial charge in [0.05, 0.1) is 0 Å². The molecule has 0 bridgehead atoms. The molecule has 0 aromatic carbocycles. The van der Waals surface area contributed by atoms with Crippen molar-refractivity contribution in [2.24, 2.45) is 0 Å². The van der Waals surface area contributed by atoms with Gasteiger partial charge in [0, 0.05) is 26.4 Å². The lowest BCUT2D eigenvalue weighted by Gasteiger charge is -2.16. The molecule has 0 saturated heterocycles. The molecule has 0 amide bonds. The molecular weight excluding hydrogens is 254 g/mol.